The SMILES string of the molecule is CC(C)(O)Cc1coc2ccc(O)cc12. The van der Waals surface area contributed by atoms with Crippen LogP contribution in [0.5, 0.6) is 5.75 Å². The van der Waals surface area contributed by atoms with Gasteiger partial charge in [-0.3, -0.25) is 0 Å². The second kappa shape index (κ2) is 3.28. The lowest BCUT2D eigenvalue weighted by atomic mass is 9.98. The fraction of sp³-hybridized carbons (Fsp3) is 0.333. The third-order valence-electron chi connectivity index (χ3n) is 2.26. The molecule has 3 nitrogen and oxygen atoms in total. The number of aliphatic hydroxyl groups is 1. The number of phenols is 1. The molecule has 3 heteroatoms. The van der Waals surface area contributed by atoms with E-state index in [0.29, 0.717) is 6.42 Å². The molecule has 0 atom stereocenters. The average molecular weight is 206 g/mol. The van der Waals surface area contributed by atoms with Crippen LogP contribution in [0.15, 0.2) is 28.9 Å². The molecule has 0 bridgehead atoms. The highest BCUT2D eigenvalue weighted by atomic mass is 16.3. The van der Waals surface area contributed by atoms with Crippen LogP contribution in [0.4, 0.5) is 0 Å². The van der Waals surface area contributed by atoms with E-state index >= 15 is 0 Å². The van der Waals surface area contributed by atoms with Gasteiger partial charge in [0.25, 0.3) is 0 Å². The lowest BCUT2D eigenvalue weighted by molar-refractivity contribution is 0.0811. The fourth-order valence-corrected chi connectivity index (χ4v) is 1.67. The summed E-state index contributed by atoms with van der Waals surface area (Å²) in [7, 11) is 0. The summed E-state index contributed by atoms with van der Waals surface area (Å²) in [5, 5.41) is 19.9. The Kier molecular flexibility index (Phi) is 2.20. The van der Waals surface area contributed by atoms with Crippen LogP contribution in [-0.4, -0.2) is 15.8 Å². The molecule has 2 N–H and O–H groups in total. The van der Waals surface area contributed by atoms with E-state index < -0.39 is 5.60 Å². The smallest absolute Gasteiger partial charge is 0.134 e. The number of phenolic OH excluding ortho intramolecular Hbond substituents is 1. The number of furan rings is 1. The number of hydrogen-bond acceptors (Lipinski definition) is 3. The maximum absolute atomic E-state index is 9.71. The predicted octanol–water partition coefficient (Wildman–Crippen LogP) is 2.45. The number of fused-ring (bicyclic) bond motifs is 1. The Morgan fingerprint density at radius 1 is 1.33 bits per heavy atom. The molecule has 1 heterocycles. The summed E-state index contributed by atoms with van der Waals surface area (Å²) in [6, 6.07) is 4.96. The summed E-state index contributed by atoms with van der Waals surface area (Å²) in [6.07, 6.45) is 2.13. The van der Waals surface area contributed by atoms with Crippen molar-refractivity contribution in [1.82, 2.24) is 0 Å². The van der Waals surface area contributed by atoms with E-state index in [9.17, 15) is 10.2 Å². The average Bonchev–Trinajstić information content (AvgIpc) is 2.46. The summed E-state index contributed by atoms with van der Waals surface area (Å²) in [6.45, 7) is 3.49. The standard InChI is InChI=1S/C12H14O3/c1-12(2,14)6-8-7-15-11-4-3-9(13)5-10(8)11/h3-5,7,13-14H,6H2,1-2H3. The van der Waals surface area contributed by atoms with Crippen molar-refractivity contribution in [2.45, 2.75) is 25.9 Å². The van der Waals surface area contributed by atoms with E-state index in [4.69, 9.17) is 4.42 Å². The molecule has 0 saturated carbocycles. The van der Waals surface area contributed by atoms with E-state index in [1.807, 2.05) is 0 Å². The number of benzene rings is 1. The Morgan fingerprint density at radius 3 is 2.73 bits per heavy atom. The molecule has 2 rings (SSSR count). The second-order valence-electron chi connectivity index (χ2n) is 4.43. The third-order valence-corrected chi connectivity index (χ3v) is 2.26. The molecule has 0 amide bonds. The minimum Gasteiger partial charge on any atom is -0.508 e. The molecule has 0 spiro atoms. The van der Waals surface area contributed by atoms with Gasteiger partial charge >= 0.3 is 0 Å². The van der Waals surface area contributed by atoms with Gasteiger partial charge in [0, 0.05) is 17.4 Å². The van der Waals surface area contributed by atoms with Crippen LogP contribution in [0, 0.1) is 0 Å². The summed E-state index contributed by atoms with van der Waals surface area (Å²) in [5.74, 6) is 0.209. The van der Waals surface area contributed by atoms with Gasteiger partial charge in [-0.05, 0) is 32.0 Å². The van der Waals surface area contributed by atoms with Gasteiger partial charge in [0.1, 0.15) is 11.3 Å². The van der Waals surface area contributed by atoms with Crippen molar-refractivity contribution >= 4 is 11.0 Å². The molecular weight excluding hydrogens is 192 g/mol. The van der Waals surface area contributed by atoms with Crippen molar-refractivity contribution in [3.05, 3.63) is 30.0 Å². The van der Waals surface area contributed by atoms with Crippen molar-refractivity contribution in [2.75, 3.05) is 0 Å². The number of rotatable bonds is 2. The van der Waals surface area contributed by atoms with E-state index in [1.165, 1.54) is 0 Å². The highest BCUT2D eigenvalue weighted by Crippen LogP contribution is 2.27. The molecule has 1 aromatic carbocycles. The van der Waals surface area contributed by atoms with Crippen molar-refractivity contribution < 1.29 is 14.6 Å². The first-order chi connectivity index (χ1) is 6.96. The molecule has 0 fully saturated rings. The summed E-state index contributed by atoms with van der Waals surface area (Å²) in [4.78, 5) is 0. The Morgan fingerprint density at radius 2 is 2.07 bits per heavy atom. The topological polar surface area (TPSA) is 53.6 Å². The van der Waals surface area contributed by atoms with E-state index in [0.717, 1.165) is 16.5 Å². The Labute approximate surface area is 88.0 Å². The number of hydrogen-bond donors (Lipinski definition) is 2. The molecule has 15 heavy (non-hydrogen) atoms. The van der Waals surface area contributed by atoms with Gasteiger partial charge in [0.15, 0.2) is 0 Å². The first-order valence-corrected chi connectivity index (χ1v) is 4.87. The minimum absolute atomic E-state index is 0.209. The first kappa shape index (κ1) is 10.1. The van der Waals surface area contributed by atoms with Crippen LogP contribution in [0.1, 0.15) is 19.4 Å². The third kappa shape index (κ3) is 2.13. The molecule has 0 unspecified atom stereocenters. The maximum Gasteiger partial charge on any atom is 0.134 e. The summed E-state index contributed by atoms with van der Waals surface area (Å²) < 4.78 is 5.33. The van der Waals surface area contributed by atoms with Crippen molar-refractivity contribution in [1.29, 1.82) is 0 Å². The lowest BCUT2D eigenvalue weighted by Gasteiger charge is -2.15. The molecule has 0 aliphatic heterocycles. The zero-order valence-electron chi connectivity index (χ0n) is 8.82. The number of aromatic hydroxyl groups is 1. The Hall–Kier alpha value is -1.48. The molecular formula is C12H14O3. The lowest BCUT2D eigenvalue weighted by Crippen LogP contribution is -2.21. The molecule has 0 saturated heterocycles. The highest BCUT2D eigenvalue weighted by molar-refractivity contribution is 5.82. The van der Waals surface area contributed by atoms with Crippen molar-refractivity contribution in [3.63, 3.8) is 0 Å². The molecule has 0 aliphatic carbocycles. The van der Waals surface area contributed by atoms with E-state index in [1.54, 1.807) is 38.3 Å². The zero-order chi connectivity index (χ0) is 11.1. The van der Waals surface area contributed by atoms with Crippen LogP contribution in [-0.2, 0) is 6.42 Å². The zero-order valence-corrected chi connectivity index (χ0v) is 8.82. The van der Waals surface area contributed by atoms with E-state index in [2.05, 4.69) is 0 Å². The minimum atomic E-state index is -0.776. The van der Waals surface area contributed by atoms with Crippen molar-refractivity contribution in [3.8, 4) is 5.75 Å². The van der Waals surface area contributed by atoms with Gasteiger partial charge in [-0.25, -0.2) is 0 Å². The van der Waals surface area contributed by atoms with Gasteiger partial charge in [-0.1, -0.05) is 0 Å². The monoisotopic (exact) mass is 206 g/mol. The van der Waals surface area contributed by atoms with Crippen LogP contribution in [0.2, 0.25) is 0 Å². The Bertz CT molecular complexity index is 477. The molecule has 0 aliphatic rings. The van der Waals surface area contributed by atoms with Crippen LogP contribution >= 0.6 is 0 Å². The Balaban J connectivity index is 2.48. The summed E-state index contributed by atoms with van der Waals surface area (Å²) >= 11 is 0. The van der Waals surface area contributed by atoms with Gasteiger partial charge in [0.05, 0.1) is 11.9 Å². The first-order valence-electron chi connectivity index (χ1n) is 4.87. The molecule has 80 valence electrons. The van der Waals surface area contributed by atoms with Gasteiger partial charge in [-0.2, -0.15) is 0 Å². The molecule has 1 aromatic heterocycles. The second-order valence-corrected chi connectivity index (χ2v) is 4.43. The molecule has 2 aromatic rings. The maximum atomic E-state index is 9.71. The summed E-state index contributed by atoms with van der Waals surface area (Å²) in [5.41, 5.74) is 0.864. The molecule has 0 radical (unpaired) electrons. The van der Waals surface area contributed by atoms with Crippen molar-refractivity contribution in [2.24, 2.45) is 0 Å². The fourth-order valence-electron chi connectivity index (χ4n) is 1.67. The van der Waals surface area contributed by atoms with Crippen LogP contribution in [0.3, 0.4) is 0 Å². The van der Waals surface area contributed by atoms with Gasteiger partial charge in [-0.15, -0.1) is 0 Å². The highest BCUT2D eigenvalue weighted by Gasteiger charge is 2.17. The largest absolute Gasteiger partial charge is 0.508 e. The predicted molar refractivity (Wildman–Crippen MR) is 57.9 cm³/mol. The van der Waals surface area contributed by atoms with Gasteiger partial charge < -0.3 is 14.6 Å². The van der Waals surface area contributed by atoms with E-state index in [-0.39, 0.29) is 5.75 Å². The van der Waals surface area contributed by atoms with Crippen LogP contribution in [0.25, 0.3) is 11.0 Å². The van der Waals surface area contributed by atoms with Gasteiger partial charge in [0.2, 0.25) is 0 Å². The van der Waals surface area contributed by atoms with Crippen LogP contribution < -0.4 is 0 Å². The normalized spacial score (nSPS) is 12.2. The quantitative estimate of drug-likeness (QED) is 0.793.